The molecular weight excluding hydrogens is 1040 g/mol. The molecule has 0 N–H and O–H groups in total. The van der Waals surface area contributed by atoms with E-state index < -0.39 is 24.3 Å². The normalized spacial score (nSPS) is 13.1. The maximum atomic E-state index is 12.9. The first kappa shape index (κ1) is 80.7. The number of aliphatic carboxylic acids is 1. The van der Waals surface area contributed by atoms with Crippen LogP contribution < -0.4 is 5.11 Å². The van der Waals surface area contributed by atoms with Gasteiger partial charge in [-0.2, -0.15) is 0 Å². The van der Waals surface area contributed by atoms with Crippen LogP contribution in [0.25, 0.3) is 0 Å². The van der Waals surface area contributed by atoms with Gasteiger partial charge in [0.05, 0.1) is 40.3 Å². The number of ether oxygens (including phenoxy) is 4. The molecular formula is C75H135NO8. The van der Waals surface area contributed by atoms with Crippen LogP contribution in [0.3, 0.4) is 0 Å². The summed E-state index contributed by atoms with van der Waals surface area (Å²) in [6.45, 7) is 4.67. The van der Waals surface area contributed by atoms with Gasteiger partial charge in [0.25, 0.3) is 0 Å². The van der Waals surface area contributed by atoms with Gasteiger partial charge in [0.15, 0.2) is 12.4 Å². The maximum Gasteiger partial charge on any atom is 0.306 e. The minimum absolute atomic E-state index is 0.144. The van der Waals surface area contributed by atoms with E-state index in [-0.39, 0.29) is 32.2 Å². The zero-order valence-electron chi connectivity index (χ0n) is 55.8. The number of carboxylic acids is 1. The highest BCUT2D eigenvalue weighted by atomic mass is 16.7. The van der Waals surface area contributed by atoms with E-state index in [0.717, 1.165) is 83.5 Å². The van der Waals surface area contributed by atoms with Gasteiger partial charge in [-0.25, -0.2) is 0 Å². The van der Waals surface area contributed by atoms with Crippen molar-refractivity contribution in [3.8, 4) is 0 Å². The Kier molecular flexibility index (Phi) is 63.1. The molecule has 488 valence electrons. The van der Waals surface area contributed by atoms with Crippen molar-refractivity contribution in [2.45, 2.75) is 341 Å². The molecule has 0 fully saturated rings. The summed E-state index contributed by atoms with van der Waals surface area (Å²) in [7, 11) is 5.93. The Morgan fingerprint density at radius 1 is 0.369 bits per heavy atom. The number of hydrogen-bond acceptors (Lipinski definition) is 8. The number of rotatable bonds is 66. The molecule has 0 aliphatic rings. The summed E-state index contributed by atoms with van der Waals surface area (Å²) in [5.74, 6) is -2.28. The number of esters is 2. The molecule has 0 aromatic heterocycles. The van der Waals surface area contributed by atoms with Crippen molar-refractivity contribution in [3.63, 3.8) is 0 Å². The second-order valence-electron chi connectivity index (χ2n) is 25.2. The number of likely N-dealkylation sites (N-methyl/N-ethyl adjacent to an activating group) is 1. The number of allylic oxidation sites excluding steroid dienone is 12. The fraction of sp³-hybridized carbons (Fsp3) is 0.800. The van der Waals surface area contributed by atoms with Gasteiger partial charge in [-0.15, -0.1) is 0 Å². The quantitative estimate of drug-likeness (QED) is 0.0195. The minimum atomic E-state index is -1.63. The third-order valence-corrected chi connectivity index (χ3v) is 15.7. The smallest absolute Gasteiger partial charge is 0.306 e. The lowest BCUT2D eigenvalue weighted by atomic mass is 10.0. The van der Waals surface area contributed by atoms with Crippen molar-refractivity contribution >= 4 is 17.9 Å². The van der Waals surface area contributed by atoms with E-state index in [1.54, 1.807) is 0 Å². The second-order valence-corrected chi connectivity index (χ2v) is 25.2. The number of quaternary nitrogens is 1. The van der Waals surface area contributed by atoms with E-state index in [2.05, 4.69) is 86.8 Å². The average molecular weight is 1180 g/mol. The molecule has 0 aromatic rings. The molecule has 0 heterocycles. The molecule has 2 atom stereocenters. The van der Waals surface area contributed by atoms with Crippen LogP contribution in [-0.2, 0) is 33.3 Å². The third-order valence-electron chi connectivity index (χ3n) is 15.7. The van der Waals surface area contributed by atoms with E-state index in [1.165, 1.54) is 212 Å². The van der Waals surface area contributed by atoms with E-state index >= 15 is 0 Å². The van der Waals surface area contributed by atoms with Gasteiger partial charge < -0.3 is 33.3 Å². The Morgan fingerprint density at radius 3 is 1.01 bits per heavy atom. The summed E-state index contributed by atoms with van der Waals surface area (Å²) in [6, 6.07) is 0. The fourth-order valence-electron chi connectivity index (χ4n) is 10.3. The fourth-order valence-corrected chi connectivity index (χ4v) is 10.3. The molecule has 0 radical (unpaired) electrons. The minimum Gasteiger partial charge on any atom is -0.545 e. The number of nitrogens with zero attached hydrogens (tertiary/aromatic N) is 1. The Labute approximate surface area is 519 Å². The predicted molar refractivity (Wildman–Crippen MR) is 357 cm³/mol. The monoisotopic (exact) mass is 1180 g/mol. The molecule has 0 saturated carbocycles. The molecule has 0 amide bonds. The lowest BCUT2D eigenvalue weighted by Gasteiger charge is -2.26. The zero-order valence-corrected chi connectivity index (χ0v) is 55.8. The zero-order chi connectivity index (χ0) is 61.2. The summed E-state index contributed by atoms with van der Waals surface area (Å²) in [5, 5.41) is 11.8. The average Bonchev–Trinajstić information content (AvgIpc) is 3.51. The van der Waals surface area contributed by atoms with Gasteiger partial charge >= 0.3 is 11.9 Å². The molecule has 0 aliphatic heterocycles. The lowest BCUT2D eigenvalue weighted by molar-refractivity contribution is -0.870. The third kappa shape index (κ3) is 66.3. The summed E-state index contributed by atoms with van der Waals surface area (Å²) in [5.41, 5.74) is 0. The van der Waals surface area contributed by atoms with E-state index in [0.29, 0.717) is 23.9 Å². The molecule has 84 heavy (non-hydrogen) atoms. The van der Waals surface area contributed by atoms with Crippen LogP contribution in [-0.4, -0.2) is 82.3 Å². The first-order valence-corrected chi connectivity index (χ1v) is 35.6. The van der Waals surface area contributed by atoms with Gasteiger partial charge in [-0.05, 0) is 64.2 Å². The van der Waals surface area contributed by atoms with Gasteiger partial charge in [-0.1, -0.05) is 324 Å². The van der Waals surface area contributed by atoms with Gasteiger partial charge in [0, 0.05) is 12.8 Å². The van der Waals surface area contributed by atoms with Crippen LogP contribution in [0.5, 0.6) is 0 Å². The molecule has 9 heteroatoms. The van der Waals surface area contributed by atoms with Crippen molar-refractivity contribution in [2.24, 2.45) is 0 Å². The second kappa shape index (κ2) is 65.7. The number of carbonyl (C=O) groups excluding carboxylic acids is 3. The van der Waals surface area contributed by atoms with Crippen molar-refractivity contribution in [2.75, 3.05) is 47.5 Å². The van der Waals surface area contributed by atoms with Crippen LogP contribution >= 0.6 is 0 Å². The van der Waals surface area contributed by atoms with Crippen molar-refractivity contribution in [3.05, 3.63) is 72.9 Å². The molecule has 0 rings (SSSR count). The van der Waals surface area contributed by atoms with Crippen molar-refractivity contribution in [1.29, 1.82) is 0 Å². The summed E-state index contributed by atoms with van der Waals surface area (Å²) >= 11 is 0. The first-order chi connectivity index (χ1) is 41.1. The van der Waals surface area contributed by atoms with Crippen molar-refractivity contribution < 1.29 is 42.9 Å². The Morgan fingerprint density at radius 2 is 0.679 bits per heavy atom. The number of carbonyl (C=O) groups is 3. The molecule has 0 bridgehead atoms. The molecule has 0 spiro atoms. The molecule has 2 unspecified atom stereocenters. The highest BCUT2D eigenvalue weighted by molar-refractivity contribution is 5.70. The van der Waals surface area contributed by atoms with E-state index in [4.69, 9.17) is 18.9 Å². The van der Waals surface area contributed by atoms with Gasteiger partial charge in [0.1, 0.15) is 13.2 Å². The van der Waals surface area contributed by atoms with Crippen LogP contribution in [0.2, 0.25) is 0 Å². The van der Waals surface area contributed by atoms with E-state index in [9.17, 15) is 19.5 Å². The first-order valence-electron chi connectivity index (χ1n) is 35.6. The lowest BCUT2D eigenvalue weighted by Crippen LogP contribution is -2.44. The standard InChI is InChI=1S/C75H135NO8/c1-6-8-10-12-14-16-18-20-22-24-26-28-30-32-34-35-36-37-38-40-41-43-45-47-49-51-53-55-57-59-61-63-65-72(77)82-69-71(70-83-75(74(79)80)81-68-67-76(3,4)5)84-73(78)66-64-62-60-58-56-54-52-50-48-46-44-42-39-33-31-29-27-25-23-21-19-17-15-13-11-9-7-2/h9,11,15,17,21,23,27,29,33,39,44,46,71,75H,6-8,10,12-14,16,18-20,22,24-26,28,30-32,34-38,40-43,45,47-70H2,1-5H3/b11-9-,17-15-,23-21-,29-27-,39-33-,46-44-. The Balaban J connectivity index is 4.09. The topological polar surface area (TPSA) is 111 Å². The SMILES string of the molecule is CC/C=C\C/C=C\C/C=C\C/C=C\C/C=C\C/C=C\CCCCCCCCCCC(=O)OC(COC(=O)CCCCCCCCCCCCCCCCCCCCCCCCCCCCCCCCCC)COC(OCC[N+](C)(C)C)C(=O)[O-]. The van der Waals surface area contributed by atoms with Crippen LogP contribution in [0.4, 0.5) is 0 Å². The summed E-state index contributed by atoms with van der Waals surface area (Å²) in [6.07, 6.45) is 84.2. The highest BCUT2D eigenvalue weighted by Gasteiger charge is 2.22. The van der Waals surface area contributed by atoms with Crippen molar-refractivity contribution in [1.82, 2.24) is 0 Å². The van der Waals surface area contributed by atoms with Crippen LogP contribution in [0.15, 0.2) is 72.9 Å². The highest BCUT2D eigenvalue weighted by Crippen LogP contribution is 2.18. The van der Waals surface area contributed by atoms with Crippen LogP contribution in [0, 0.1) is 0 Å². The Bertz CT molecular complexity index is 1610. The Hall–Kier alpha value is -3.27. The summed E-state index contributed by atoms with van der Waals surface area (Å²) in [4.78, 5) is 37.5. The number of hydrogen-bond donors (Lipinski definition) is 0. The molecule has 9 nitrogen and oxygen atoms in total. The van der Waals surface area contributed by atoms with E-state index in [1.807, 2.05) is 21.1 Å². The largest absolute Gasteiger partial charge is 0.545 e. The predicted octanol–water partition coefficient (Wildman–Crippen LogP) is 20.7. The number of unbranched alkanes of at least 4 members (excludes halogenated alkanes) is 39. The molecule has 0 saturated heterocycles. The molecule has 0 aromatic carbocycles. The summed E-state index contributed by atoms with van der Waals surface area (Å²) < 4.78 is 22.8. The van der Waals surface area contributed by atoms with Crippen LogP contribution in [0.1, 0.15) is 328 Å². The number of carboxylic acid groups (broad SMARTS) is 1. The maximum absolute atomic E-state index is 12.9. The van der Waals surface area contributed by atoms with Gasteiger partial charge in [-0.3, -0.25) is 9.59 Å². The van der Waals surface area contributed by atoms with Gasteiger partial charge in [0.2, 0.25) is 0 Å². The molecule has 0 aliphatic carbocycles.